The van der Waals surface area contributed by atoms with Gasteiger partial charge in [-0.1, -0.05) is 6.92 Å². The van der Waals surface area contributed by atoms with Crippen molar-refractivity contribution in [2.45, 2.75) is 13.3 Å². The summed E-state index contributed by atoms with van der Waals surface area (Å²) in [5.41, 5.74) is 0. The fourth-order valence-corrected chi connectivity index (χ4v) is 1.38. The van der Waals surface area contributed by atoms with Gasteiger partial charge in [0, 0.05) is 12.8 Å². The van der Waals surface area contributed by atoms with Gasteiger partial charge in [-0.05, 0) is 18.6 Å². The highest BCUT2D eigenvalue weighted by Crippen LogP contribution is 2.12. The summed E-state index contributed by atoms with van der Waals surface area (Å²) in [7, 11) is 0. The van der Waals surface area contributed by atoms with E-state index in [1.807, 2.05) is 0 Å². The number of nitrogens with zero attached hydrogens (tertiary/aromatic N) is 1. The van der Waals surface area contributed by atoms with E-state index in [1.54, 1.807) is 6.07 Å². The summed E-state index contributed by atoms with van der Waals surface area (Å²) in [6.45, 7) is 5.66. The number of hydrogen-bond donors (Lipinski definition) is 0. The van der Waals surface area contributed by atoms with E-state index in [9.17, 15) is 4.39 Å². The highest BCUT2D eigenvalue weighted by molar-refractivity contribution is 5.17. The van der Waals surface area contributed by atoms with Gasteiger partial charge in [-0.25, -0.2) is 4.98 Å². The summed E-state index contributed by atoms with van der Waals surface area (Å²) < 4.78 is 34.1. The van der Waals surface area contributed by atoms with Gasteiger partial charge in [-0.2, -0.15) is 4.39 Å². The molecule has 20 heavy (non-hydrogen) atoms. The van der Waals surface area contributed by atoms with Gasteiger partial charge in [0.1, 0.15) is 6.61 Å². The first-order chi connectivity index (χ1) is 9.84. The van der Waals surface area contributed by atoms with Crippen molar-refractivity contribution in [2.75, 3.05) is 46.2 Å². The smallest absolute Gasteiger partial charge is 0.255 e. The van der Waals surface area contributed by atoms with Crippen LogP contribution in [0.3, 0.4) is 0 Å². The van der Waals surface area contributed by atoms with E-state index in [0.717, 1.165) is 13.0 Å². The molecule has 114 valence electrons. The maximum absolute atomic E-state index is 13.1. The molecule has 0 atom stereocenters. The third kappa shape index (κ3) is 8.04. The number of aromatic nitrogens is 1. The van der Waals surface area contributed by atoms with Crippen molar-refractivity contribution in [1.82, 2.24) is 4.98 Å². The molecule has 0 unspecified atom stereocenters. The van der Waals surface area contributed by atoms with Gasteiger partial charge in [-0.15, -0.1) is 0 Å². The van der Waals surface area contributed by atoms with Crippen LogP contribution >= 0.6 is 0 Å². The molecule has 0 amide bonds. The Morgan fingerprint density at radius 2 is 1.55 bits per heavy atom. The maximum atomic E-state index is 13.1. The Labute approximate surface area is 119 Å². The zero-order valence-electron chi connectivity index (χ0n) is 11.8. The Hall–Kier alpha value is -1.24. The Morgan fingerprint density at radius 3 is 2.15 bits per heavy atom. The lowest BCUT2D eigenvalue weighted by molar-refractivity contribution is 0.00922. The van der Waals surface area contributed by atoms with Gasteiger partial charge in [0.2, 0.25) is 0 Å². The number of hydrogen-bond acceptors (Lipinski definition) is 5. The Kier molecular flexibility index (Phi) is 9.73. The second-order valence-electron chi connectivity index (χ2n) is 3.98. The standard InChI is InChI=1S/C14H22FNO4/c1-2-6-17-7-8-18-9-10-19-11-12-20-13-4-3-5-16-14(13)15/h3-5H,2,6-12H2,1H3. The van der Waals surface area contributed by atoms with Gasteiger partial charge < -0.3 is 18.9 Å². The average Bonchev–Trinajstić information content (AvgIpc) is 2.46. The number of pyridine rings is 1. The molecule has 6 heteroatoms. The summed E-state index contributed by atoms with van der Waals surface area (Å²) >= 11 is 0. The zero-order chi connectivity index (χ0) is 14.5. The van der Waals surface area contributed by atoms with E-state index < -0.39 is 5.95 Å². The topological polar surface area (TPSA) is 49.8 Å². The fourth-order valence-electron chi connectivity index (χ4n) is 1.38. The van der Waals surface area contributed by atoms with Crippen molar-refractivity contribution in [1.29, 1.82) is 0 Å². The molecule has 0 N–H and O–H groups in total. The molecule has 0 radical (unpaired) electrons. The largest absolute Gasteiger partial charge is 0.486 e. The van der Waals surface area contributed by atoms with Gasteiger partial charge in [0.15, 0.2) is 5.75 Å². The summed E-state index contributed by atoms with van der Waals surface area (Å²) in [6.07, 6.45) is 2.39. The highest BCUT2D eigenvalue weighted by Gasteiger charge is 2.01. The molecule has 1 heterocycles. The molecule has 0 bridgehead atoms. The molecule has 1 aromatic rings. The molecular weight excluding hydrogens is 265 g/mol. The molecule has 5 nitrogen and oxygen atoms in total. The predicted molar refractivity (Wildman–Crippen MR) is 72.4 cm³/mol. The van der Waals surface area contributed by atoms with E-state index in [4.69, 9.17) is 18.9 Å². The molecule has 0 aromatic carbocycles. The van der Waals surface area contributed by atoms with Crippen LogP contribution in [0.25, 0.3) is 0 Å². The lowest BCUT2D eigenvalue weighted by Crippen LogP contribution is -2.13. The maximum Gasteiger partial charge on any atom is 0.255 e. The molecule has 0 aliphatic carbocycles. The van der Waals surface area contributed by atoms with Crippen LogP contribution in [0.1, 0.15) is 13.3 Å². The molecule has 0 aliphatic rings. The molecule has 0 fully saturated rings. The van der Waals surface area contributed by atoms with Crippen LogP contribution in [0.15, 0.2) is 18.3 Å². The number of rotatable bonds is 12. The van der Waals surface area contributed by atoms with Crippen LogP contribution in [-0.4, -0.2) is 51.2 Å². The molecule has 0 saturated heterocycles. The van der Waals surface area contributed by atoms with Crippen LogP contribution in [0, 0.1) is 5.95 Å². The minimum atomic E-state index is -0.608. The second kappa shape index (κ2) is 11.6. The normalized spacial score (nSPS) is 10.7. The fraction of sp³-hybridized carbons (Fsp3) is 0.643. The molecule has 0 aliphatic heterocycles. The molecule has 0 spiro atoms. The first-order valence-corrected chi connectivity index (χ1v) is 6.81. The van der Waals surface area contributed by atoms with Gasteiger partial charge in [0.05, 0.1) is 33.0 Å². The van der Waals surface area contributed by atoms with Gasteiger partial charge >= 0.3 is 0 Å². The Balaban J connectivity index is 1.87. The summed E-state index contributed by atoms with van der Waals surface area (Å²) in [4.78, 5) is 3.48. The first-order valence-electron chi connectivity index (χ1n) is 6.81. The summed E-state index contributed by atoms with van der Waals surface area (Å²) in [5.74, 6) is -0.469. The van der Waals surface area contributed by atoms with Crippen LogP contribution in [0.5, 0.6) is 5.75 Å². The summed E-state index contributed by atoms with van der Waals surface area (Å²) in [5, 5.41) is 0. The lowest BCUT2D eigenvalue weighted by Gasteiger charge is -2.08. The van der Waals surface area contributed by atoms with E-state index >= 15 is 0 Å². The lowest BCUT2D eigenvalue weighted by atomic mass is 10.4. The minimum Gasteiger partial charge on any atom is -0.486 e. The zero-order valence-corrected chi connectivity index (χ0v) is 11.8. The summed E-state index contributed by atoms with van der Waals surface area (Å²) in [6, 6.07) is 3.15. The number of ether oxygens (including phenoxy) is 4. The average molecular weight is 287 g/mol. The molecule has 1 aromatic heterocycles. The first kappa shape index (κ1) is 16.8. The van der Waals surface area contributed by atoms with E-state index in [1.165, 1.54) is 12.3 Å². The van der Waals surface area contributed by atoms with Crippen molar-refractivity contribution in [3.63, 3.8) is 0 Å². The molecule has 1 rings (SSSR count). The van der Waals surface area contributed by atoms with Gasteiger partial charge in [0.25, 0.3) is 5.95 Å². The predicted octanol–water partition coefficient (Wildman–Crippen LogP) is 2.06. The van der Waals surface area contributed by atoms with Crippen molar-refractivity contribution in [2.24, 2.45) is 0 Å². The van der Waals surface area contributed by atoms with E-state index in [0.29, 0.717) is 33.0 Å². The quantitative estimate of drug-likeness (QED) is 0.435. The molecule has 0 saturated carbocycles. The second-order valence-corrected chi connectivity index (χ2v) is 3.98. The highest BCUT2D eigenvalue weighted by atomic mass is 19.1. The van der Waals surface area contributed by atoms with Crippen molar-refractivity contribution in [3.05, 3.63) is 24.3 Å². The third-order valence-electron chi connectivity index (χ3n) is 2.30. The van der Waals surface area contributed by atoms with Crippen LogP contribution in [0.2, 0.25) is 0 Å². The third-order valence-corrected chi connectivity index (χ3v) is 2.30. The van der Waals surface area contributed by atoms with Crippen molar-refractivity contribution in [3.8, 4) is 5.75 Å². The van der Waals surface area contributed by atoms with E-state index in [2.05, 4.69) is 11.9 Å². The van der Waals surface area contributed by atoms with Gasteiger partial charge in [-0.3, -0.25) is 0 Å². The monoisotopic (exact) mass is 287 g/mol. The Morgan fingerprint density at radius 1 is 0.950 bits per heavy atom. The number of halogens is 1. The van der Waals surface area contributed by atoms with Crippen LogP contribution in [0.4, 0.5) is 4.39 Å². The van der Waals surface area contributed by atoms with Crippen molar-refractivity contribution < 1.29 is 23.3 Å². The van der Waals surface area contributed by atoms with Crippen LogP contribution in [-0.2, 0) is 14.2 Å². The SMILES string of the molecule is CCCOCCOCCOCCOc1cccnc1F. The van der Waals surface area contributed by atoms with E-state index in [-0.39, 0.29) is 12.4 Å². The van der Waals surface area contributed by atoms with Crippen LogP contribution < -0.4 is 4.74 Å². The Bertz CT molecular complexity index is 352. The molecular formula is C14H22FNO4. The van der Waals surface area contributed by atoms with Crippen molar-refractivity contribution >= 4 is 0 Å². The minimum absolute atomic E-state index is 0.139.